The summed E-state index contributed by atoms with van der Waals surface area (Å²) in [5.74, 6) is -1.39. The van der Waals surface area contributed by atoms with Gasteiger partial charge in [0, 0.05) is 25.7 Å². The van der Waals surface area contributed by atoms with E-state index >= 15 is 0 Å². The van der Waals surface area contributed by atoms with Crippen molar-refractivity contribution in [2.75, 3.05) is 45.9 Å². The lowest BCUT2D eigenvalue weighted by Crippen LogP contribution is -2.46. The smallest absolute Gasteiger partial charge is 0.342 e. The van der Waals surface area contributed by atoms with Crippen molar-refractivity contribution in [3.8, 4) is 5.88 Å². The van der Waals surface area contributed by atoms with Crippen LogP contribution in [0.1, 0.15) is 52.7 Å². The van der Waals surface area contributed by atoms with Gasteiger partial charge in [-0.15, -0.1) is 0 Å². The Morgan fingerprint density at radius 1 is 1.06 bits per heavy atom. The monoisotopic (exact) mass is 701 g/mol. The summed E-state index contributed by atoms with van der Waals surface area (Å²) in [4.78, 5) is 38.3. The Morgan fingerprint density at radius 2 is 1.60 bits per heavy atom. The molecule has 2 aromatic heterocycles. The van der Waals surface area contributed by atoms with Gasteiger partial charge in [0.15, 0.2) is 17.4 Å². The number of hydrogen-bond acceptors (Lipinski definition) is 16. The Labute approximate surface area is 276 Å². The number of esters is 2. The lowest BCUT2D eigenvalue weighted by atomic mass is 9.96. The summed E-state index contributed by atoms with van der Waals surface area (Å²) in [5.41, 5.74) is 4.31. The van der Waals surface area contributed by atoms with Gasteiger partial charge < -0.3 is 48.9 Å². The van der Waals surface area contributed by atoms with Crippen LogP contribution in [0.15, 0.2) is 6.33 Å². The fourth-order valence-electron chi connectivity index (χ4n) is 5.62. The van der Waals surface area contributed by atoms with Crippen molar-refractivity contribution in [2.45, 2.75) is 94.8 Å². The molecule has 0 spiro atoms. The van der Waals surface area contributed by atoms with Crippen LogP contribution in [0, 0.1) is 0 Å². The number of anilines is 1. The quantitative estimate of drug-likeness (QED) is 0.136. The number of aromatic nitrogens is 4. The number of carbonyl (C=O) groups is 2. The Hall–Kier alpha value is -3.00. The summed E-state index contributed by atoms with van der Waals surface area (Å²) >= 11 is 0. The fraction of sp³-hybridized carbons (Fsp3) is 0.750. The van der Waals surface area contributed by atoms with Crippen LogP contribution in [0.3, 0.4) is 0 Å². The first-order chi connectivity index (χ1) is 22.8. The molecular weight excluding hydrogens is 657 g/mol. The predicted octanol–water partition coefficient (Wildman–Crippen LogP) is -0.0483. The summed E-state index contributed by atoms with van der Waals surface area (Å²) in [7, 11) is -2.91. The highest BCUT2D eigenvalue weighted by atomic mass is 31.2. The second-order valence-corrected chi connectivity index (χ2v) is 14.0. The number of nitrogens with two attached hydrogens (primary N) is 1. The molecule has 6 atom stereocenters. The molecule has 0 bridgehead atoms. The lowest BCUT2D eigenvalue weighted by molar-refractivity contribution is -0.155. The number of ether oxygens (including phenoxy) is 6. The SMILES string of the molecule is COc1nc(N)nc2c1ncn2[C@@H]1O[C@H](COP(=O)(N[C@@H](C)C(=O)OC2CCOCC2)N[C@@H](C)C(=O)OC2CCOCC2)[C@@H](O)[C@@]1(C)O. The van der Waals surface area contributed by atoms with Crippen LogP contribution in [-0.2, 0) is 42.4 Å². The lowest BCUT2D eigenvalue weighted by Gasteiger charge is -2.29. The first kappa shape index (κ1) is 36.3. The number of nitrogen functional groups attached to an aromatic ring is 1. The molecule has 3 aliphatic heterocycles. The second-order valence-electron chi connectivity index (χ2n) is 12.2. The third-order valence-corrected chi connectivity index (χ3v) is 10.3. The molecule has 5 heterocycles. The van der Waals surface area contributed by atoms with Crippen molar-refractivity contribution in [3.05, 3.63) is 6.33 Å². The second kappa shape index (κ2) is 15.3. The van der Waals surface area contributed by atoms with Crippen LogP contribution in [0.25, 0.3) is 11.2 Å². The third-order valence-electron chi connectivity index (χ3n) is 8.36. The first-order valence-corrected chi connectivity index (χ1v) is 17.4. The maximum atomic E-state index is 14.3. The van der Waals surface area contributed by atoms with E-state index in [0.717, 1.165) is 0 Å². The molecule has 0 unspecified atom stereocenters. The Morgan fingerprint density at radius 3 is 2.12 bits per heavy atom. The van der Waals surface area contributed by atoms with Gasteiger partial charge in [0.05, 0.1) is 46.5 Å². The Balaban J connectivity index is 1.31. The third kappa shape index (κ3) is 8.23. The minimum atomic E-state index is -4.30. The van der Waals surface area contributed by atoms with Crippen LogP contribution in [0.4, 0.5) is 5.95 Å². The number of carbonyl (C=O) groups excluding carboxylic acids is 2. The van der Waals surface area contributed by atoms with Gasteiger partial charge in [-0.2, -0.15) is 9.97 Å². The van der Waals surface area contributed by atoms with Crippen LogP contribution in [-0.4, -0.2) is 124 Å². The molecule has 0 aromatic carbocycles. The zero-order chi connectivity index (χ0) is 34.6. The van der Waals surface area contributed by atoms with Gasteiger partial charge in [0.1, 0.15) is 42.1 Å². The molecule has 0 radical (unpaired) electrons. The highest BCUT2D eigenvalue weighted by Crippen LogP contribution is 2.44. The number of rotatable bonds is 13. The number of aliphatic hydroxyl groups excluding tert-OH is 1. The van der Waals surface area contributed by atoms with E-state index in [1.807, 2.05) is 0 Å². The number of hydrogen-bond donors (Lipinski definition) is 5. The molecule has 268 valence electrons. The van der Waals surface area contributed by atoms with E-state index in [9.17, 15) is 24.4 Å². The fourth-order valence-corrected chi connectivity index (χ4v) is 7.44. The van der Waals surface area contributed by atoms with Gasteiger partial charge in [0.25, 0.3) is 0 Å². The van der Waals surface area contributed by atoms with Gasteiger partial charge in [-0.3, -0.25) is 18.7 Å². The van der Waals surface area contributed by atoms with E-state index in [1.165, 1.54) is 38.8 Å². The number of methoxy groups -OCH3 is 1. The number of nitrogens with one attached hydrogen (secondary N) is 2. The normalized spacial score (nSPS) is 27.1. The molecule has 6 N–H and O–H groups in total. The average molecular weight is 702 g/mol. The maximum absolute atomic E-state index is 14.3. The van der Waals surface area contributed by atoms with E-state index in [2.05, 4.69) is 25.1 Å². The van der Waals surface area contributed by atoms with E-state index in [1.54, 1.807) is 0 Å². The average Bonchev–Trinajstić information content (AvgIpc) is 3.57. The summed E-state index contributed by atoms with van der Waals surface area (Å²) in [6.07, 6.45) is -1.39. The molecular formula is C28H44N7O12P. The van der Waals surface area contributed by atoms with E-state index in [-0.39, 0.29) is 35.2 Å². The van der Waals surface area contributed by atoms with Gasteiger partial charge >= 0.3 is 19.6 Å². The van der Waals surface area contributed by atoms with Crippen LogP contribution < -0.4 is 20.6 Å². The molecule has 5 rings (SSSR count). The molecule has 19 nitrogen and oxygen atoms in total. The minimum Gasteiger partial charge on any atom is -0.479 e. The van der Waals surface area contributed by atoms with Crippen molar-refractivity contribution in [3.63, 3.8) is 0 Å². The molecule has 20 heteroatoms. The topological polar surface area (TPSA) is 250 Å². The molecule has 0 aliphatic carbocycles. The van der Waals surface area contributed by atoms with Crippen LogP contribution in [0.5, 0.6) is 5.88 Å². The summed E-state index contributed by atoms with van der Waals surface area (Å²) in [6, 6.07) is -2.29. The number of imidazole rings is 1. The largest absolute Gasteiger partial charge is 0.479 e. The van der Waals surface area contributed by atoms with Crippen molar-refractivity contribution >= 4 is 36.7 Å². The van der Waals surface area contributed by atoms with Crippen molar-refractivity contribution < 1.29 is 57.3 Å². The predicted molar refractivity (Wildman–Crippen MR) is 165 cm³/mol. The van der Waals surface area contributed by atoms with E-state index in [4.69, 9.17) is 38.7 Å². The van der Waals surface area contributed by atoms with Crippen molar-refractivity contribution in [1.29, 1.82) is 0 Å². The van der Waals surface area contributed by atoms with Gasteiger partial charge in [-0.1, -0.05) is 0 Å². The van der Waals surface area contributed by atoms with Gasteiger partial charge in [0.2, 0.25) is 11.8 Å². The highest BCUT2D eigenvalue weighted by molar-refractivity contribution is 7.54. The van der Waals surface area contributed by atoms with Gasteiger partial charge in [-0.05, 0) is 20.8 Å². The molecule has 3 fully saturated rings. The zero-order valence-electron chi connectivity index (χ0n) is 27.3. The van der Waals surface area contributed by atoms with Gasteiger partial charge in [-0.25, -0.2) is 15.2 Å². The molecule has 2 aromatic rings. The molecule has 0 amide bonds. The summed E-state index contributed by atoms with van der Waals surface area (Å²) in [5, 5.41) is 27.8. The minimum absolute atomic E-state index is 0.0985. The van der Waals surface area contributed by atoms with Crippen LogP contribution in [0.2, 0.25) is 0 Å². The Kier molecular flexibility index (Phi) is 11.5. The maximum Gasteiger partial charge on any atom is 0.342 e. The van der Waals surface area contributed by atoms with Crippen molar-refractivity contribution in [1.82, 2.24) is 29.7 Å². The van der Waals surface area contributed by atoms with Crippen molar-refractivity contribution in [2.24, 2.45) is 0 Å². The number of nitrogens with zero attached hydrogens (tertiary/aromatic N) is 4. The van der Waals surface area contributed by atoms with E-state index in [0.29, 0.717) is 52.1 Å². The summed E-state index contributed by atoms with van der Waals surface area (Å²) < 4.78 is 54.5. The Bertz CT molecular complexity index is 1440. The zero-order valence-corrected chi connectivity index (χ0v) is 28.2. The molecule has 3 aliphatic rings. The molecule has 48 heavy (non-hydrogen) atoms. The highest BCUT2D eigenvalue weighted by Gasteiger charge is 2.54. The number of fused-ring (bicyclic) bond motifs is 1. The number of aliphatic hydroxyl groups is 2. The van der Waals surface area contributed by atoms with E-state index < -0.39 is 62.3 Å². The summed E-state index contributed by atoms with van der Waals surface area (Å²) in [6.45, 7) is 5.48. The molecule has 0 saturated carbocycles. The standard InChI is InChI=1S/C28H44N7O12P/c1-15(24(37)45-17-5-9-42-10-6-17)33-48(40,34-16(2)25(38)46-18-7-11-43-12-8-18)44-13-19-21(36)28(3,39)26(47-19)35-14-30-20-22(35)31-27(29)32-23(20)41-4/h14-19,21,26,36,39H,5-13H2,1-4H3,(H2,29,31,32)(H2,33,34,40)/t15-,16-,19+,21+,26+,28+/m0/s1. The first-order valence-electron chi connectivity index (χ1n) is 15.8. The molecule has 3 saturated heterocycles. The van der Waals surface area contributed by atoms with Crippen LogP contribution >= 0.6 is 7.67 Å².